The maximum absolute atomic E-state index is 13.7. The van der Waals surface area contributed by atoms with E-state index in [1.807, 2.05) is 0 Å². The third-order valence-corrected chi connectivity index (χ3v) is 4.03. The van der Waals surface area contributed by atoms with Crippen LogP contribution in [0.25, 0.3) is 0 Å². The van der Waals surface area contributed by atoms with Crippen molar-refractivity contribution in [2.75, 3.05) is 7.11 Å². The number of hydrogen-bond acceptors (Lipinski definition) is 4. The lowest BCUT2D eigenvalue weighted by Crippen LogP contribution is -2.58. The molecule has 170 valence electrons. The van der Waals surface area contributed by atoms with Crippen molar-refractivity contribution in [1.29, 1.82) is 0 Å². The molecule has 0 spiro atoms. The fourth-order valence-electron chi connectivity index (χ4n) is 2.16. The molecule has 0 heterocycles. The highest BCUT2D eigenvalue weighted by Crippen LogP contribution is 2.45. The number of nitrogens with one attached hydrogen (secondary N) is 1. The third kappa shape index (κ3) is 5.49. The second kappa shape index (κ2) is 9.16. The molecule has 0 radical (unpaired) electrons. The molecular weight excluding hydrogens is 464 g/mol. The van der Waals surface area contributed by atoms with Gasteiger partial charge in [0.2, 0.25) is 0 Å². The Morgan fingerprint density at radius 2 is 1.71 bits per heavy atom. The number of rotatable bonds is 8. The molecule has 0 atom stereocenters. The first-order valence-corrected chi connectivity index (χ1v) is 8.54. The first kappa shape index (κ1) is 24.5. The topological polar surface area (TPSA) is 42.8 Å². The van der Waals surface area contributed by atoms with E-state index >= 15 is 0 Å². The summed E-state index contributed by atoms with van der Waals surface area (Å²) in [5.41, 5.74) is 0.587. The molecule has 0 saturated heterocycles. The quantitative estimate of drug-likeness (QED) is 0.227. The Hall–Kier alpha value is -2.76. The van der Waals surface area contributed by atoms with Crippen LogP contribution in [-0.2, 0) is 6.61 Å². The molecule has 2 rings (SSSR count). The van der Waals surface area contributed by atoms with E-state index in [1.54, 1.807) is 6.07 Å². The molecule has 0 aliphatic carbocycles. The van der Waals surface area contributed by atoms with Crippen molar-refractivity contribution in [3.05, 3.63) is 58.4 Å². The maximum Gasteiger partial charge on any atom is 0.462 e. The number of alkyl halides is 7. The SMILES string of the molecule is COc1cc(/C=N/NC(F)(F)C(F)(F)C(F)(F)F)cc(Cl)c1OCc1ccccc1F. The van der Waals surface area contributed by atoms with Crippen molar-refractivity contribution in [3.63, 3.8) is 0 Å². The number of ether oxygens (including phenoxy) is 2. The molecule has 4 nitrogen and oxygen atoms in total. The van der Waals surface area contributed by atoms with Crippen molar-refractivity contribution >= 4 is 17.8 Å². The molecule has 0 aliphatic rings. The van der Waals surface area contributed by atoms with Crippen LogP contribution < -0.4 is 14.9 Å². The second-order valence-corrected chi connectivity index (χ2v) is 6.34. The van der Waals surface area contributed by atoms with Gasteiger partial charge in [0.25, 0.3) is 0 Å². The molecule has 0 aromatic heterocycles. The minimum atomic E-state index is -6.50. The highest BCUT2D eigenvalue weighted by Gasteiger charge is 2.73. The minimum Gasteiger partial charge on any atom is -0.493 e. The maximum atomic E-state index is 13.7. The van der Waals surface area contributed by atoms with Gasteiger partial charge in [0.1, 0.15) is 12.4 Å². The minimum absolute atomic E-state index is 0.0496. The molecule has 13 heteroatoms. The highest BCUT2D eigenvalue weighted by molar-refractivity contribution is 6.32. The molecular formula is C18H13ClF8N2O2. The zero-order chi connectivity index (χ0) is 23.4. The Kier molecular flexibility index (Phi) is 7.25. The van der Waals surface area contributed by atoms with E-state index in [9.17, 15) is 35.1 Å². The van der Waals surface area contributed by atoms with Crippen LogP contribution in [-0.4, -0.2) is 31.5 Å². The first-order chi connectivity index (χ1) is 14.3. The average Bonchev–Trinajstić information content (AvgIpc) is 2.66. The molecule has 2 aromatic rings. The van der Waals surface area contributed by atoms with Crippen LogP contribution in [0, 0.1) is 5.82 Å². The lowest BCUT2D eigenvalue weighted by molar-refractivity contribution is -0.361. The Morgan fingerprint density at radius 1 is 1.06 bits per heavy atom. The monoisotopic (exact) mass is 476 g/mol. The van der Waals surface area contributed by atoms with Gasteiger partial charge in [-0.15, -0.1) is 0 Å². The second-order valence-electron chi connectivity index (χ2n) is 5.93. The van der Waals surface area contributed by atoms with Crippen LogP contribution in [0.2, 0.25) is 5.02 Å². The van der Waals surface area contributed by atoms with Crippen molar-refractivity contribution in [2.45, 2.75) is 24.8 Å². The average molecular weight is 477 g/mol. The van der Waals surface area contributed by atoms with Crippen molar-refractivity contribution in [1.82, 2.24) is 5.43 Å². The van der Waals surface area contributed by atoms with Gasteiger partial charge in [-0.1, -0.05) is 29.8 Å². The number of halogens is 9. The summed E-state index contributed by atoms with van der Waals surface area (Å²) < 4.78 is 112. The zero-order valence-corrected chi connectivity index (χ0v) is 16.2. The van der Waals surface area contributed by atoms with E-state index in [0.29, 0.717) is 11.6 Å². The van der Waals surface area contributed by atoms with Gasteiger partial charge in [-0.05, 0) is 23.8 Å². The van der Waals surface area contributed by atoms with Gasteiger partial charge < -0.3 is 9.47 Å². The van der Waals surface area contributed by atoms with Crippen molar-refractivity contribution in [3.8, 4) is 11.5 Å². The number of hydrogen-bond donors (Lipinski definition) is 1. The smallest absolute Gasteiger partial charge is 0.462 e. The van der Waals surface area contributed by atoms with Crippen LogP contribution in [0.15, 0.2) is 41.5 Å². The largest absolute Gasteiger partial charge is 0.493 e. The standard InChI is InChI=1S/C18H13ClF8N2O2/c1-30-14-7-10(8-28-29-18(26,27)16(21,22)17(23,24)25)6-12(19)15(14)31-9-11-4-2-3-5-13(11)20/h2-8,29H,9H2,1H3/b28-8+. The predicted molar refractivity (Wildman–Crippen MR) is 95.4 cm³/mol. The number of hydrazone groups is 1. The van der Waals surface area contributed by atoms with Crippen LogP contribution >= 0.6 is 11.6 Å². The molecule has 0 aliphatic heterocycles. The molecule has 0 unspecified atom stereocenters. The molecule has 1 N–H and O–H groups in total. The molecule has 0 amide bonds. The van der Waals surface area contributed by atoms with E-state index in [2.05, 4.69) is 5.10 Å². The first-order valence-electron chi connectivity index (χ1n) is 8.16. The van der Waals surface area contributed by atoms with Crippen molar-refractivity contribution < 1.29 is 44.6 Å². The number of benzene rings is 2. The summed E-state index contributed by atoms with van der Waals surface area (Å²) in [6, 6.07) is 2.23. The lowest BCUT2D eigenvalue weighted by atomic mass is 10.2. The van der Waals surface area contributed by atoms with Crippen LogP contribution in [0.5, 0.6) is 11.5 Å². The van der Waals surface area contributed by atoms with Gasteiger partial charge in [-0.2, -0.15) is 35.8 Å². The van der Waals surface area contributed by atoms with Gasteiger partial charge in [-0.25, -0.2) is 9.82 Å². The number of methoxy groups -OCH3 is 1. The van der Waals surface area contributed by atoms with Gasteiger partial charge in [0.05, 0.1) is 18.3 Å². The Labute approximate surface area is 175 Å². The van der Waals surface area contributed by atoms with Crippen LogP contribution in [0.3, 0.4) is 0 Å². The summed E-state index contributed by atoms with van der Waals surface area (Å²) in [6.07, 6.45) is -5.97. The van der Waals surface area contributed by atoms with E-state index in [1.165, 1.54) is 25.3 Å². The van der Waals surface area contributed by atoms with Gasteiger partial charge >= 0.3 is 18.1 Å². The summed E-state index contributed by atoms with van der Waals surface area (Å²) in [4.78, 5) is 0. The van der Waals surface area contributed by atoms with Gasteiger partial charge in [-0.3, -0.25) is 0 Å². The van der Waals surface area contributed by atoms with Gasteiger partial charge in [0, 0.05) is 5.56 Å². The molecule has 0 fully saturated rings. The summed E-state index contributed by atoms with van der Waals surface area (Å²) in [5.74, 6) is -7.01. The Bertz CT molecular complexity index is 951. The lowest BCUT2D eigenvalue weighted by Gasteiger charge is -2.27. The summed E-state index contributed by atoms with van der Waals surface area (Å²) >= 11 is 6.02. The third-order valence-electron chi connectivity index (χ3n) is 3.75. The Morgan fingerprint density at radius 3 is 2.29 bits per heavy atom. The van der Waals surface area contributed by atoms with Gasteiger partial charge in [0.15, 0.2) is 11.5 Å². The fraction of sp³-hybridized carbons (Fsp3) is 0.278. The van der Waals surface area contributed by atoms with E-state index in [4.69, 9.17) is 21.1 Å². The van der Waals surface area contributed by atoms with E-state index in [0.717, 1.165) is 12.1 Å². The Balaban J connectivity index is 2.18. The zero-order valence-electron chi connectivity index (χ0n) is 15.4. The fourth-order valence-corrected chi connectivity index (χ4v) is 2.43. The molecule has 2 aromatic carbocycles. The van der Waals surface area contributed by atoms with Crippen LogP contribution in [0.1, 0.15) is 11.1 Å². The van der Waals surface area contributed by atoms with Crippen molar-refractivity contribution in [2.24, 2.45) is 5.10 Å². The summed E-state index contributed by atoms with van der Waals surface area (Å²) in [7, 11) is 1.19. The summed E-state index contributed by atoms with van der Waals surface area (Å²) in [6.45, 7) is -0.240. The number of nitrogens with zero attached hydrogens (tertiary/aromatic N) is 1. The summed E-state index contributed by atoms with van der Waals surface area (Å²) in [5, 5.41) is 2.59. The van der Waals surface area contributed by atoms with E-state index < -0.39 is 24.0 Å². The predicted octanol–water partition coefficient (Wildman–Crippen LogP) is 5.78. The molecule has 0 saturated carbocycles. The highest BCUT2D eigenvalue weighted by atomic mass is 35.5. The molecule has 31 heavy (non-hydrogen) atoms. The normalized spacial score (nSPS) is 12.8. The van der Waals surface area contributed by atoms with E-state index in [-0.39, 0.29) is 34.3 Å². The molecule has 0 bridgehead atoms. The van der Waals surface area contributed by atoms with Crippen LogP contribution in [0.4, 0.5) is 35.1 Å².